The van der Waals surface area contributed by atoms with Gasteiger partial charge in [0.1, 0.15) is 0 Å². The van der Waals surface area contributed by atoms with Crippen LogP contribution in [-0.4, -0.2) is 29.0 Å². The first-order valence-corrected chi connectivity index (χ1v) is 11.8. The molecule has 0 bridgehead atoms. The number of carbonyl (C=O) groups is 4. The molecule has 2 amide bonds. The number of ether oxygens (including phenoxy) is 1. The van der Waals surface area contributed by atoms with Crippen LogP contribution in [0.2, 0.25) is 15.1 Å². The molecule has 0 saturated carbocycles. The van der Waals surface area contributed by atoms with Crippen LogP contribution in [0.3, 0.4) is 0 Å². The molecule has 2 fully saturated rings. The van der Waals surface area contributed by atoms with Crippen molar-refractivity contribution in [1.29, 1.82) is 0 Å². The van der Waals surface area contributed by atoms with Gasteiger partial charge in [-0.1, -0.05) is 71.2 Å². The van der Waals surface area contributed by atoms with E-state index in [1.165, 1.54) is 30.3 Å². The Balaban J connectivity index is 1.55. The normalized spacial score (nSPS) is 24.4. The molecule has 3 unspecified atom stereocenters. The van der Waals surface area contributed by atoms with E-state index < -0.39 is 46.9 Å². The van der Waals surface area contributed by atoms with E-state index in [0.717, 1.165) is 4.90 Å². The number of ketones is 2. The maximum atomic E-state index is 13.9. The molecule has 2 heterocycles. The number of hydrogen-bond donors (Lipinski definition) is 0. The fourth-order valence-electron chi connectivity index (χ4n) is 5.39. The minimum absolute atomic E-state index is 0.160. The standard InChI is InChI=1S/C26H14Cl3NO5/c27-13-7-5-12(6-8-13)21-19-20(25(34)30(24(19)33)16-10-14(28)9-15(29)11-16)26(35-21)22(31)17-3-1-2-4-18(17)23(26)32/h1-11,19-21H. The first-order valence-electron chi connectivity index (χ1n) is 10.7. The summed E-state index contributed by atoms with van der Waals surface area (Å²) in [5, 5.41) is 0.916. The zero-order valence-electron chi connectivity index (χ0n) is 17.7. The van der Waals surface area contributed by atoms with Crippen molar-refractivity contribution in [3.63, 3.8) is 0 Å². The van der Waals surface area contributed by atoms with Crippen LogP contribution in [0.5, 0.6) is 0 Å². The minimum atomic E-state index is -2.15. The van der Waals surface area contributed by atoms with E-state index in [-0.39, 0.29) is 26.9 Å². The smallest absolute Gasteiger partial charge is 0.241 e. The number of benzene rings is 3. The van der Waals surface area contributed by atoms with E-state index >= 15 is 0 Å². The maximum Gasteiger partial charge on any atom is 0.241 e. The topological polar surface area (TPSA) is 80.8 Å². The summed E-state index contributed by atoms with van der Waals surface area (Å²) in [6, 6.07) is 17.2. The lowest BCUT2D eigenvalue weighted by atomic mass is 9.77. The minimum Gasteiger partial charge on any atom is -0.349 e. The summed E-state index contributed by atoms with van der Waals surface area (Å²) < 4.78 is 6.22. The molecule has 3 aromatic carbocycles. The van der Waals surface area contributed by atoms with Crippen LogP contribution in [0, 0.1) is 11.8 Å². The Morgan fingerprint density at radius 2 is 1.29 bits per heavy atom. The number of imide groups is 1. The van der Waals surface area contributed by atoms with Crippen LogP contribution in [0.1, 0.15) is 32.4 Å². The number of rotatable bonds is 2. The van der Waals surface area contributed by atoms with Crippen molar-refractivity contribution in [1.82, 2.24) is 0 Å². The molecule has 2 saturated heterocycles. The molecule has 1 aliphatic carbocycles. The van der Waals surface area contributed by atoms with Gasteiger partial charge in [0.15, 0.2) is 0 Å². The van der Waals surface area contributed by atoms with Gasteiger partial charge in [-0.25, -0.2) is 4.90 Å². The number of hydrogen-bond acceptors (Lipinski definition) is 5. The predicted molar refractivity (Wildman–Crippen MR) is 129 cm³/mol. The highest BCUT2D eigenvalue weighted by molar-refractivity contribution is 6.38. The van der Waals surface area contributed by atoms with Crippen LogP contribution >= 0.6 is 34.8 Å². The number of halogens is 3. The third-order valence-electron chi connectivity index (χ3n) is 6.82. The zero-order valence-corrected chi connectivity index (χ0v) is 20.0. The summed E-state index contributed by atoms with van der Waals surface area (Å²) in [4.78, 5) is 56.0. The average Bonchev–Trinajstić information content (AvgIpc) is 3.39. The van der Waals surface area contributed by atoms with E-state index in [1.807, 2.05) is 0 Å². The van der Waals surface area contributed by atoms with E-state index in [1.54, 1.807) is 36.4 Å². The fourth-order valence-corrected chi connectivity index (χ4v) is 6.03. The Hall–Kier alpha value is -3.03. The van der Waals surface area contributed by atoms with Crippen LogP contribution in [0.15, 0.2) is 66.7 Å². The molecule has 3 aliphatic rings. The fraction of sp³-hybridized carbons (Fsp3) is 0.154. The van der Waals surface area contributed by atoms with Gasteiger partial charge in [0.05, 0.1) is 23.6 Å². The molecule has 6 rings (SSSR count). The van der Waals surface area contributed by atoms with Crippen LogP contribution in [-0.2, 0) is 14.3 Å². The predicted octanol–water partition coefficient (Wildman–Crippen LogP) is 5.34. The molecule has 2 aliphatic heterocycles. The molecule has 3 aromatic rings. The Labute approximate surface area is 214 Å². The molecule has 6 nitrogen and oxygen atoms in total. The Kier molecular flexibility index (Phi) is 4.96. The monoisotopic (exact) mass is 525 g/mol. The molecule has 0 radical (unpaired) electrons. The van der Waals surface area contributed by atoms with Crippen molar-refractivity contribution in [2.45, 2.75) is 11.7 Å². The van der Waals surface area contributed by atoms with Crippen molar-refractivity contribution in [3.8, 4) is 0 Å². The van der Waals surface area contributed by atoms with Crippen molar-refractivity contribution < 1.29 is 23.9 Å². The molecule has 0 aromatic heterocycles. The number of carbonyl (C=O) groups excluding carboxylic acids is 4. The van der Waals surface area contributed by atoms with E-state index in [2.05, 4.69) is 0 Å². The van der Waals surface area contributed by atoms with Gasteiger partial charge in [-0.2, -0.15) is 0 Å². The molecular weight excluding hydrogens is 513 g/mol. The van der Waals surface area contributed by atoms with E-state index in [0.29, 0.717) is 10.6 Å². The molecule has 1 spiro atoms. The first-order chi connectivity index (χ1) is 16.7. The third kappa shape index (κ3) is 3.01. The third-order valence-corrected chi connectivity index (χ3v) is 7.51. The van der Waals surface area contributed by atoms with Crippen LogP contribution in [0.4, 0.5) is 5.69 Å². The quantitative estimate of drug-likeness (QED) is 0.333. The summed E-state index contributed by atoms with van der Waals surface area (Å²) in [6.07, 6.45) is -1.03. The van der Waals surface area contributed by atoms with Crippen molar-refractivity contribution >= 4 is 63.9 Å². The average molecular weight is 527 g/mol. The SMILES string of the molecule is O=C1C2C(c3ccc(Cl)cc3)OC3(C(=O)c4ccccc4C3=O)C2C(=O)N1c1cc(Cl)cc(Cl)c1. The summed E-state index contributed by atoms with van der Waals surface area (Å²) in [5.41, 5.74) is -1.14. The molecule has 0 N–H and O–H groups in total. The Morgan fingerprint density at radius 1 is 0.714 bits per heavy atom. The van der Waals surface area contributed by atoms with Gasteiger partial charge in [-0.05, 0) is 35.9 Å². The first kappa shape index (κ1) is 22.4. The highest BCUT2D eigenvalue weighted by Crippen LogP contribution is 2.57. The molecular formula is C26H14Cl3NO5. The Morgan fingerprint density at radius 3 is 1.86 bits per heavy atom. The van der Waals surface area contributed by atoms with E-state index in [4.69, 9.17) is 39.5 Å². The lowest BCUT2D eigenvalue weighted by Crippen LogP contribution is -2.51. The van der Waals surface area contributed by atoms with Crippen LogP contribution < -0.4 is 4.90 Å². The van der Waals surface area contributed by atoms with Crippen LogP contribution in [0.25, 0.3) is 0 Å². The maximum absolute atomic E-state index is 13.9. The lowest BCUT2D eigenvalue weighted by molar-refractivity contribution is -0.127. The van der Waals surface area contributed by atoms with Gasteiger partial charge < -0.3 is 4.74 Å². The van der Waals surface area contributed by atoms with Gasteiger partial charge in [-0.15, -0.1) is 0 Å². The number of Topliss-reactive ketones (excluding diaryl/α,β-unsaturated/α-hetero) is 2. The number of nitrogens with zero attached hydrogens (tertiary/aromatic N) is 1. The highest BCUT2D eigenvalue weighted by Gasteiger charge is 2.74. The number of amides is 2. The van der Waals surface area contributed by atoms with Crippen molar-refractivity contribution in [2.75, 3.05) is 4.90 Å². The molecule has 3 atom stereocenters. The van der Waals surface area contributed by atoms with Gasteiger partial charge in [-0.3, -0.25) is 19.2 Å². The second-order valence-electron chi connectivity index (χ2n) is 8.67. The van der Waals surface area contributed by atoms with E-state index in [9.17, 15) is 19.2 Å². The second-order valence-corrected chi connectivity index (χ2v) is 9.98. The number of fused-ring (bicyclic) bond motifs is 3. The van der Waals surface area contributed by atoms with Crippen molar-refractivity contribution in [3.05, 3.63) is 98.5 Å². The molecule has 174 valence electrons. The summed E-state index contributed by atoms with van der Waals surface area (Å²) >= 11 is 18.3. The highest BCUT2D eigenvalue weighted by atomic mass is 35.5. The number of anilines is 1. The summed E-state index contributed by atoms with van der Waals surface area (Å²) in [7, 11) is 0. The van der Waals surface area contributed by atoms with Crippen molar-refractivity contribution in [2.24, 2.45) is 11.8 Å². The largest absolute Gasteiger partial charge is 0.349 e. The molecule has 35 heavy (non-hydrogen) atoms. The lowest BCUT2D eigenvalue weighted by Gasteiger charge is -2.27. The summed E-state index contributed by atoms with van der Waals surface area (Å²) in [5.74, 6) is -5.06. The van der Waals surface area contributed by atoms with Gasteiger partial charge in [0.2, 0.25) is 29.0 Å². The zero-order chi connectivity index (χ0) is 24.6. The summed E-state index contributed by atoms with van der Waals surface area (Å²) in [6.45, 7) is 0. The van der Waals surface area contributed by atoms with Gasteiger partial charge in [0.25, 0.3) is 0 Å². The van der Waals surface area contributed by atoms with Gasteiger partial charge in [0, 0.05) is 26.2 Å². The second kappa shape index (κ2) is 7.73. The molecule has 9 heteroatoms. The Bertz CT molecular complexity index is 1410. The van der Waals surface area contributed by atoms with Gasteiger partial charge >= 0.3 is 0 Å².